The molecule has 2 fully saturated rings. The molecule has 1 aliphatic heterocycles. The van der Waals surface area contributed by atoms with Gasteiger partial charge in [0.1, 0.15) is 0 Å². The molecule has 1 aromatic rings. The molecule has 1 aromatic carbocycles. The van der Waals surface area contributed by atoms with Crippen molar-refractivity contribution in [3.8, 4) is 0 Å². The minimum absolute atomic E-state index is 0.212. The van der Waals surface area contributed by atoms with Crippen molar-refractivity contribution in [2.24, 2.45) is 33.8 Å². The third kappa shape index (κ3) is 3.63. The summed E-state index contributed by atoms with van der Waals surface area (Å²) in [6, 6.07) is 10.8. The summed E-state index contributed by atoms with van der Waals surface area (Å²) < 4.78 is 0. The monoisotopic (exact) mass is 354 g/mol. The van der Waals surface area contributed by atoms with E-state index in [4.69, 9.17) is 0 Å². The van der Waals surface area contributed by atoms with E-state index in [1.165, 1.54) is 12.0 Å². The first-order valence-electron chi connectivity index (χ1n) is 10.0. The lowest BCUT2D eigenvalue weighted by Crippen LogP contribution is -2.38. The molecule has 3 aliphatic rings. The third-order valence-electron chi connectivity index (χ3n) is 6.47. The Morgan fingerprint density at radius 2 is 2.08 bits per heavy atom. The Balaban J connectivity index is 1.42. The van der Waals surface area contributed by atoms with Gasteiger partial charge in [0.25, 0.3) is 0 Å². The highest BCUT2D eigenvalue weighted by atomic mass is 16.3. The highest BCUT2D eigenvalue weighted by Crippen LogP contribution is 2.52. The predicted octanol–water partition coefficient (Wildman–Crippen LogP) is 2.74. The Morgan fingerprint density at radius 1 is 1.23 bits per heavy atom. The lowest BCUT2D eigenvalue weighted by Gasteiger charge is -2.39. The number of nitrogens with zero attached hydrogens (tertiary/aromatic N) is 2. The molecule has 0 unspecified atom stereocenters. The van der Waals surface area contributed by atoms with Crippen LogP contribution in [0.4, 0.5) is 0 Å². The molecule has 140 valence electrons. The standard InChI is InChI=1S/C21H30N4O/c1-14-10-16(15-6-3-2-4-7-15)11-18-19(26)12-17(20(14)18)13-24-25-21-22-8-5-9-23-21/h2-4,6-7,13-14,16-20,26H,5,8-12H2,1H3,(H2,22,23,25)/b24-13+/t14-,16+,17-,18-,19-,20-/m1/s1. The molecular formula is C21H30N4O. The quantitative estimate of drug-likeness (QED) is 0.577. The summed E-state index contributed by atoms with van der Waals surface area (Å²) >= 11 is 0. The number of rotatable bonds is 3. The molecule has 0 bridgehead atoms. The van der Waals surface area contributed by atoms with Crippen LogP contribution in [0.15, 0.2) is 40.4 Å². The topological polar surface area (TPSA) is 69.0 Å². The van der Waals surface area contributed by atoms with Crippen molar-refractivity contribution >= 4 is 12.2 Å². The molecule has 1 heterocycles. The van der Waals surface area contributed by atoms with Crippen LogP contribution in [-0.4, -0.2) is 36.5 Å². The first-order chi connectivity index (χ1) is 12.7. The van der Waals surface area contributed by atoms with Crippen LogP contribution in [0, 0.1) is 23.7 Å². The van der Waals surface area contributed by atoms with Crippen LogP contribution in [0.1, 0.15) is 44.1 Å². The average Bonchev–Trinajstić information content (AvgIpc) is 3.00. The molecule has 0 amide bonds. The van der Waals surface area contributed by atoms with E-state index in [0.717, 1.165) is 38.3 Å². The van der Waals surface area contributed by atoms with Gasteiger partial charge in [0.05, 0.1) is 6.10 Å². The van der Waals surface area contributed by atoms with Gasteiger partial charge in [0.2, 0.25) is 5.96 Å². The number of hydrogen-bond donors (Lipinski definition) is 3. The normalized spacial score (nSPS) is 37.1. The SMILES string of the molecule is C[C@@H]1C[C@H](c2ccccc2)C[C@H]2[C@H]1[C@@H](/C=N/NC1=NCCCN1)C[C@H]2O. The molecule has 0 aromatic heterocycles. The van der Waals surface area contributed by atoms with Gasteiger partial charge in [0.15, 0.2) is 0 Å². The molecule has 3 N–H and O–H groups in total. The molecule has 0 saturated heterocycles. The molecule has 2 aliphatic carbocycles. The summed E-state index contributed by atoms with van der Waals surface area (Å²) in [4.78, 5) is 4.38. The van der Waals surface area contributed by atoms with E-state index in [0.29, 0.717) is 29.6 Å². The van der Waals surface area contributed by atoms with Gasteiger partial charge in [0, 0.05) is 25.2 Å². The zero-order valence-electron chi connectivity index (χ0n) is 15.5. The zero-order chi connectivity index (χ0) is 17.9. The van der Waals surface area contributed by atoms with E-state index in [1.54, 1.807) is 0 Å². The lowest BCUT2D eigenvalue weighted by atomic mass is 9.66. The van der Waals surface area contributed by atoms with Gasteiger partial charge in [-0.25, -0.2) is 5.43 Å². The fourth-order valence-corrected chi connectivity index (χ4v) is 5.33. The van der Waals surface area contributed by atoms with Crippen molar-refractivity contribution < 1.29 is 5.11 Å². The molecular weight excluding hydrogens is 324 g/mol. The Kier molecular flexibility index (Phi) is 5.25. The maximum absolute atomic E-state index is 10.7. The first kappa shape index (κ1) is 17.5. The largest absolute Gasteiger partial charge is 0.393 e. The number of guanidine groups is 1. The Labute approximate surface area is 156 Å². The van der Waals surface area contributed by atoms with E-state index >= 15 is 0 Å². The van der Waals surface area contributed by atoms with Gasteiger partial charge in [-0.1, -0.05) is 37.3 Å². The van der Waals surface area contributed by atoms with E-state index < -0.39 is 0 Å². The number of aliphatic hydroxyl groups is 1. The smallest absolute Gasteiger partial charge is 0.212 e. The van der Waals surface area contributed by atoms with Crippen molar-refractivity contribution in [1.29, 1.82) is 0 Å². The number of aliphatic imine (C=N–C) groups is 1. The van der Waals surface area contributed by atoms with E-state index in [9.17, 15) is 5.11 Å². The molecule has 6 atom stereocenters. The molecule has 4 rings (SSSR count). The number of benzene rings is 1. The van der Waals surface area contributed by atoms with Crippen molar-refractivity contribution in [2.75, 3.05) is 13.1 Å². The minimum Gasteiger partial charge on any atom is -0.393 e. The maximum atomic E-state index is 10.7. The van der Waals surface area contributed by atoms with Crippen LogP contribution < -0.4 is 10.7 Å². The molecule has 26 heavy (non-hydrogen) atoms. The van der Waals surface area contributed by atoms with Crippen molar-refractivity contribution in [3.63, 3.8) is 0 Å². The van der Waals surface area contributed by atoms with Crippen LogP contribution in [0.5, 0.6) is 0 Å². The van der Waals surface area contributed by atoms with E-state index in [-0.39, 0.29) is 6.10 Å². The summed E-state index contributed by atoms with van der Waals surface area (Å²) in [6.07, 6.45) is 6.00. The highest BCUT2D eigenvalue weighted by molar-refractivity contribution is 5.81. The van der Waals surface area contributed by atoms with Crippen LogP contribution in [0.2, 0.25) is 0 Å². The van der Waals surface area contributed by atoms with Gasteiger partial charge >= 0.3 is 0 Å². The third-order valence-corrected chi connectivity index (χ3v) is 6.47. The second kappa shape index (κ2) is 7.78. The Bertz CT molecular complexity index is 659. The highest BCUT2D eigenvalue weighted by Gasteiger charge is 2.48. The summed E-state index contributed by atoms with van der Waals surface area (Å²) in [6.45, 7) is 4.16. The molecule has 2 saturated carbocycles. The maximum Gasteiger partial charge on any atom is 0.212 e. The van der Waals surface area contributed by atoms with Gasteiger partial charge in [-0.2, -0.15) is 5.10 Å². The van der Waals surface area contributed by atoms with Gasteiger partial charge in [-0.15, -0.1) is 0 Å². The second-order valence-electron chi connectivity index (χ2n) is 8.17. The summed E-state index contributed by atoms with van der Waals surface area (Å²) in [5.74, 6) is 3.18. The number of nitrogens with one attached hydrogen (secondary N) is 2. The summed E-state index contributed by atoms with van der Waals surface area (Å²) in [5.41, 5.74) is 4.46. The number of hydrazone groups is 1. The van der Waals surface area contributed by atoms with Crippen molar-refractivity contribution in [3.05, 3.63) is 35.9 Å². The second-order valence-corrected chi connectivity index (χ2v) is 8.17. The fraction of sp³-hybridized carbons (Fsp3) is 0.619. The zero-order valence-corrected chi connectivity index (χ0v) is 15.5. The number of hydrogen-bond acceptors (Lipinski definition) is 5. The molecule has 5 heteroatoms. The van der Waals surface area contributed by atoms with Crippen molar-refractivity contribution in [1.82, 2.24) is 10.7 Å². The van der Waals surface area contributed by atoms with Gasteiger partial charge in [-0.05, 0) is 54.9 Å². The Hall–Kier alpha value is -1.88. The first-order valence-corrected chi connectivity index (χ1v) is 10.0. The minimum atomic E-state index is -0.212. The number of aliphatic hydroxyl groups excluding tert-OH is 1. The molecule has 5 nitrogen and oxygen atoms in total. The predicted molar refractivity (Wildman–Crippen MR) is 105 cm³/mol. The van der Waals surface area contributed by atoms with Crippen LogP contribution in [0.25, 0.3) is 0 Å². The average molecular weight is 354 g/mol. The summed E-state index contributed by atoms with van der Waals surface area (Å²) in [7, 11) is 0. The van der Waals surface area contributed by atoms with E-state index in [2.05, 4.69) is 58.1 Å². The Morgan fingerprint density at radius 3 is 2.85 bits per heavy atom. The van der Waals surface area contributed by atoms with E-state index in [1.807, 2.05) is 6.21 Å². The van der Waals surface area contributed by atoms with Crippen LogP contribution in [0.3, 0.4) is 0 Å². The molecule has 0 radical (unpaired) electrons. The molecule has 0 spiro atoms. The lowest BCUT2D eigenvalue weighted by molar-refractivity contribution is 0.0662. The van der Waals surface area contributed by atoms with Gasteiger partial charge in [-0.3, -0.25) is 4.99 Å². The fourth-order valence-electron chi connectivity index (χ4n) is 5.33. The summed E-state index contributed by atoms with van der Waals surface area (Å²) in [5, 5.41) is 18.4. The van der Waals surface area contributed by atoms with Crippen molar-refractivity contribution in [2.45, 2.75) is 44.6 Å². The number of fused-ring (bicyclic) bond motifs is 1. The van der Waals surface area contributed by atoms with Gasteiger partial charge < -0.3 is 10.4 Å². The van der Waals surface area contributed by atoms with Crippen LogP contribution in [-0.2, 0) is 0 Å². The van der Waals surface area contributed by atoms with Crippen LogP contribution >= 0.6 is 0 Å².